The van der Waals surface area contributed by atoms with Gasteiger partial charge in [-0.1, -0.05) is 19.9 Å². The van der Waals surface area contributed by atoms with Crippen LogP contribution < -0.4 is 5.69 Å². The van der Waals surface area contributed by atoms with Crippen LogP contribution in [-0.2, 0) is 0 Å². The normalized spacial score (nSPS) is 9.81. The summed E-state index contributed by atoms with van der Waals surface area (Å²) >= 11 is 0. The number of nitrogens with zero attached hydrogens (tertiary/aromatic N) is 3. The molecule has 0 aliphatic carbocycles. The fourth-order valence-corrected chi connectivity index (χ4v) is 2.09. The number of aromatic nitrogens is 3. The van der Waals surface area contributed by atoms with E-state index in [1.807, 2.05) is 32.9 Å². The molecule has 5 heteroatoms. The number of rotatable bonds is 1. The van der Waals surface area contributed by atoms with Crippen LogP contribution in [0, 0.1) is 18.3 Å². The summed E-state index contributed by atoms with van der Waals surface area (Å²) in [5.74, 6) is 0. The first-order valence-corrected chi connectivity index (χ1v) is 6.77. The van der Waals surface area contributed by atoms with Crippen LogP contribution in [0.25, 0.3) is 16.7 Å². The zero-order chi connectivity index (χ0) is 15.4. The Kier molecular flexibility index (Phi) is 4.19. The second-order valence-corrected chi connectivity index (χ2v) is 4.24. The van der Waals surface area contributed by atoms with Crippen LogP contribution in [0.2, 0.25) is 0 Å². The van der Waals surface area contributed by atoms with Gasteiger partial charge in [0.25, 0.3) is 0 Å². The standard InChI is InChI=1S/C14H10N4O.C2H6/c1-9-5-6-11(8-16-9)18-13-10(7-15)3-2-4-12(13)17-14(18)19;1-2/h2-6,8H,1H3,(H,17,19);1-2H3. The molecule has 0 atom stereocenters. The number of nitrogens with one attached hydrogen (secondary N) is 1. The lowest BCUT2D eigenvalue weighted by Gasteiger charge is -2.04. The fraction of sp³-hybridized carbons (Fsp3) is 0.188. The zero-order valence-corrected chi connectivity index (χ0v) is 12.2. The van der Waals surface area contributed by atoms with E-state index in [2.05, 4.69) is 16.0 Å². The average Bonchev–Trinajstić information content (AvgIpc) is 2.86. The number of para-hydroxylation sites is 1. The van der Waals surface area contributed by atoms with Gasteiger partial charge in [-0.05, 0) is 31.2 Å². The average molecular weight is 280 g/mol. The molecule has 0 aliphatic rings. The van der Waals surface area contributed by atoms with Gasteiger partial charge in [0.2, 0.25) is 0 Å². The van der Waals surface area contributed by atoms with Gasteiger partial charge in [-0.15, -0.1) is 0 Å². The quantitative estimate of drug-likeness (QED) is 0.744. The molecule has 0 unspecified atom stereocenters. The summed E-state index contributed by atoms with van der Waals surface area (Å²) in [7, 11) is 0. The minimum absolute atomic E-state index is 0.275. The van der Waals surface area contributed by atoms with Gasteiger partial charge in [0.05, 0.1) is 28.5 Å². The Hall–Kier alpha value is -2.87. The highest BCUT2D eigenvalue weighted by Crippen LogP contribution is 2.18. The van der Waals surface area contributed by atoms with E-state index in [4.69, 9.17) is 5.26 Å². The van der Waals surface area contributed by atoms with E-state index in [1.54, 1.807) is 24.4 Å². The van der Waals surface area contributed by atoms with Gasteiger partial charge in [0.15, 0.2) is 0 Å². The lowest BCUT2D eigenvalue weighted by atomic mass is 10.2. The topological polar surface area (TPSA) is 74.5 Å². The van der Waals surface area contributed by atoms with Crippen molar-refractivity contribution in [2.45, 2.75) is 20.8 Å². The minimum atomic E-state index is -0.275. The van der Waals surface area contributed by atoms with Crippen molar-refractivity contribution in [3.8, 4) is 11.8 Å². The highest BCUT2D eigenvalue weighted by atomic mass is 16.1. The first-order chi connectivity index (χ1) is 10.2. The van der Waals surface area contributed by atoms with Crippen molar-refractivity contribution in [1.82, 2.24) is 14.5 Å². The van der Waals surface area contributed by atoms with Crippen molar-refractivity contribution in [2.75, 3.05) is 0 Å². The molecule has 0 amide bonds. The summed E-state index contributed by atoms with van der Waals surface area (Å²) in [6.45, 7) is 5.88. The van der Waals surface area contributed by atoms with Crippen LogP contribution >= 0.6 is 0 Å². The van der Waals surface area contributed by atoms with E-state index in [1.165, 1.54) is 4.57 Å². The molecule has 2 aromatic heterocycles. The smallest absolute Gasteiger partial charge is 0.305 e. The molecule has 0 saturated carbocycles. The van der Waals surface area contributed by atoms with Gasteiger partial charge in [0.1, 0.15) is 6.07 Å². The monoisotopic (exact) mass is 280 g/mol. The maximum Gasteiger partial charge on any atom is 0.331 e. The molecule has 0 saturated heterocycles. The SMILES string of the molecule is CC.Cc1ccc(-n2c(=O)[nH]c3cccc(C#N)c32)cn1. The van der Waals surface area contributed by atoms with Crippen LogP contribution in [-0.4, -0.2) is 14.5 Å². The Balaban J connectivity index is 0.000000774. The number of hydrogen-bond acceptors (Lipinski definition) is 3. The van der Waals surface area contributed by atoms with Crippen LogP contribution in [0.1, 0.15) is 25.1 Å². The van der Waals surface area contributed by atoms with Crippen molar-refractivity contribution in [3.63, 3.8) is 0 Å². The van der Waals surface area contributed by atoms with Crippen molar-refractivity contribution in [3.05, 3.63) is 58.3 Å². The number of imidazole rings is 1. The number of aryl methyl sites for hydroxylation is 1. The Labute approximate surface area is 122 Å². The molecule has 0 fully saturated rings. The predicted octanol–water partition coefficient (Wildman–Crippen LogP) is 2.92. The van der Waals surface area contributed by atoms with Gasteiger partial charge in [-0.25, -0.2) is 4.79 Å². The van der Waals surface area contributed by atoms with Gasteiger partial charge < -0.3 is 4.98 Å². The van der Waals surface area contributed by atoms with E-state index in [0.717, 1.165) is 5.69 Å². The Bertz CT molecular complexity index is 851. The number of pyridine rings is 1. The molecule has 3 aromatic rings. The largest absolute Gasteiger partial charge is 0.331 e. The fourth-order valence-electron chi connectivity index (χ4n) is 2.09. The van der Waals surface area contributed by atoms with Crippen molar-refractivity contribution >= 4 is 11.0 Å². The van der Waals surface area contributed by atoms with Gasteiger partial charge in [-0.3, -0.25) is 9.55 Å². The summed E-state index contributed by atoms with van der Waals surface area (Å²) in [5, 5.41) is 9.17. The molecular formula is C16H16N4O. The van der Waals surface area contributed by atoms with Gasteiger partial charge >= 0.3 is 5.69 Å². The molecular weight excluding hydrogens is 264 g/mol. The molecule has 21 heavy (non-hydrogen) atoms. The first kappa shape index (κ1) is 14.5. The van der Waals surface area contributed by atoms with E-state index >= 15 is 0 Å². The molecule has 2 heterocycles. The van der Waals surface area contributed by atoms with E-state index in [-0.39, 0.29) is 5.69 Å². The van der Waals surface area contributed by atoms with Gasteiger partial charge in [0, 0.05) is 5.69 Å². The first-order valence-electron chi connectivity index (χ1n) is 6.77. The second-order valence-electron chi connectivity index (χ2n) is 4.24. The lowest BCUT2D eigenvalue weighted by molar-refractivity contribution is 0.995. The van der Waals surface area contributed by atoms with Crippen LogP contribution in [0.4, 0.5) is 0 Å². The Morgan fingerprint density at radius 3 is 2.62 bits per heavy atom. The molecule has 106 valence electrons. The molecule has 1 N–H and O–H groups in total. The molecule has 0 spiro atoms. The summed E-state index contributed by atoms with van der Waals surface area (Å²) < 4.78 is 1.47. The minimum Gasteiger partial charge on any atom is -0.305 e. The summed E-state index contributed by atoms with van der Waals surface area (Å²) in [6.07, 6.45) is 1.62. The number of H-pyrrole nitrogens is 1. The maximum atomic E-state index is 12.1. The van der Waals surface area contributed by atoms with E-state index < -0.39 is 0 Å². The summed E-state index contributed by atoms with van der Waals surface area (Å²) in [4.78, 5) is 19.0. The third kappa shape index (κ3) is 2.56. The third-order valence-corrected chi connectivity index (χ3v) is 2.98. The number of benzene rings is 1. The highest BCUT2D eigenvalue weighted by Gasteiger charge is 2.12. The summed E-state index contributed by atoms with van der Waals surface area (Å²) in [6, 6.07) is 11.0. The Morgan fingerprint density at radius 1 is 1.24 bits per heavy atom. The second kappa shape index (κ2) is 6.06. The Morgan fingerprint density at radius 2 is 2.00 bits per heavy atom. The van der Waals surface area contributed by atoms with Crippen LogP contribution in [0.5, 0.6) is 0 Å². The molecule has 5 nitrogen and oxygen atoms in total. The van der Waals surface area contributed by atoms with Crippen molar-refractivity contribution < 1.29 is 0 Å². The van der Waals surface area contributed by atoms with Gasteiger partial charge in [-0.2, -0.15) is 5.26 Å². The molecule has 0 aliphatic heterocycles. The molecule has 3 rings (SSSR count). The van der Waals surface area contributed by atoms with Crippen LogP contribution in [0.3, 0.4) is 0 Å². The predicted molar refractivity (Wildman–Crippen MR) is 82.5 cm³/mol. The highest BCUT2D eigenvalue weighted by molar-refractivity contribution is 5.83. The zero-order valence-electron chi connectivity index (χ0n) is 12.2. The number of hydrogen-bond donors (Lipinski definition) is 1. The van der Waals surface area contributed by atoms with Crippen LogP contribution in [0.15, 0.2) is 41.3 Å². The third-order valence-electron chi connectivity index (χ3n) is 2.98. The van der Waals surface area contributed by atoms with Crippen molar-refractivity contribution in [1.29, 1.82) is 5.26 Å². The summed E-state index contributed by atoms with van der Waals surface area (Å²) in [5.41, 5.74) is 2.92. The van der Waals surface area contributed by atoms with E-state index in [9.17, 15) is 4.79 Å². The number of nitriles is 1. The van der Waals surface area contributed by atoms with Crippen molar-refractivity contribution in [2.24, 2.45) is 0 Å². The lowest BCUT2D eigenvalue weighted by Crippen LogP contribution is -2.15. The molecule has 0 radical (unpaired) electrons. The number of aromatic amines is 1. The number of fused-ring (bicyclic) bond motifs is 1. The van der Waals surface area contributed by atoms with E-state index in [0.29, 0.717) is 22.3 Å². The molecule has 1 aromatic carbocycles. The molecule has 0 bridgehead atoms. The maximum absolute atomic E-state index is 12.1.